The van der Waals surface area contributed by atoms with Crippen molar-refractivity contribution >= 4 is 0 Å². The van der Waals surface area contributed by atoms with E-state index in [1.165, 1.54) is 6.42 Å². The summed E-state index contributed by atoms with van der Waals surface area (Å²) in [5.41, 5.74) is 0.964. The van der Waals surface area contributed by atoms with Crippen LogP contribution in [0, 0.1) is 23.7 Å². The van der Waals surface area contributed by atoms with Gasteiger partial charge in [-0.05, 0) is 42.5 Å². The first-order chi connectivity index (χ1) is 7.86. The van der Waals surface area contributed by atoms with Gasteiger partial charge in [-0.3, -0.25) is 0 Å². The summed E-state index contributed by atoms with van der Waals surface area (Å²) in [6.45, 7) is 2.16. The van der Waals surface area contributed by atoms with Gasteiger partial charge in [-0.25, -0.2) is 0 Å². The number of rotatable bonds is 3. The molecular weight excluding hydrogens is 196 g/mol. The Morgan fingerprint density at radius 3 is 2.50 bits per heavy atom. The Hall–Kier alpha value is -1.86. The van der Waals surface area contributed by atoms with Crippen LogP contribution in [0.15, 0.2) is 24.3 Å². The average Bonchev–Trinajstić information content (AvgIpc) is 2.34. The zero-order valence-corrected chi connectivity index (χ0v) is 9.84. The van der Waals surface area contributed by atoms with Gasteiger partial charge in [0.05, 0.1) is 7.11 Å². The molecule has 0 amide bonds. The Kier molecular flexibility index (Phi) is 5.67. The highest BCUT2D eigenvalue weighted by molar-refractivity contribution is 5.42. The molecule has 1 rings (SSSR count). The number of unbranched alkanes of at least 4 members (excludes halogenated alkanes) is 2. The molecule has 0 unspecified atom stereocenters. The van der Waals surface area contributed by atoms with Gasteiger partial charge >= 0.3 is 0 Å². The van der Waals surface area contributed by atoms with Crippen molar-refractivity contribution in [2.24, 2.45) is 0 Å². The summed E-state index contributed by atoms with van der Waals surface area (Å²) in [5.74, 6) is 12.6. The maximum atomic E-state index is 5.06. The van der Waals surface area contributed by atoms with E-state index in [0.717, 1.165) is 24.2 Å². The van der Waals surface area contributed by atoms with Crippen LogP contribution in [0.1, 0.15) is 31.7 Å². The molecule has 0 atom stereocenters. The molecule has 0 bridgehead atoms. The van der Waals surface area contributed by atoms with Crippen molar-refractivity contribution in [3.8, 4) is 29.4 Å². The summed E-state index contributed by atoms with van der Waals surface area (Å²) in [5, 5.41) is 0. The summed E-state index contributed by atoms with van der Waals surface area (Å²) < 4.78 is 5.06. The fourth-order valence-corrected chi connectivity index (χ4v) is 1.15. The van der Waals surface area contributed by atoms with Gasteiger partial charge in [0.1, 0.15) is 5.75 Å². The van der Waals surface area contributed by atoms with E-state index in [4.69, 9.17) is 4.74 Å². The quantitative estimate of drug-likeness (QED) is 0.552. The molecule has 1 nitrogen and oxygen atoms in total. The normalized spacial score (nSPS) is 8.38. The zero-order chi connectivity index (χ0) is 11.6. The zero-order valence-electron chi connectivity index (χ0n) is 9.84. The summed E-state index contributed by atoms with van der Waals surface area (Å²) in [4.78, 5) is 0. The van der Waals surface area contributed by atoms with Crippen LogP contribution in [0.3, 0.4) is 0 Å². The first-order valence-corrected chi connectivity index (χ1v) is 5.49. The molecule has 82 valence electrons. The van der Waals surface area contributed by atoms with Gasteiger partial charge in [0.15, 0.2) is 0 Å². The average molecular weight is 212 g/mol. The van der Waals surface area contributed by atoms with E-state index >= 15 is 0 Å². The molecule has 1 aromatic carbocycles. The van der Waals surface area contributed by atoms with Gasteiger partial charge in [0, 0.05) is 12.0 Å². The molecule has 0 N–H and O–H groups in total. The lowest BCUT2D eigenvalue weighted by Crippen LogP contribution is -1.81. The number of methoxy groups -OCH3 is 1. The van der Waals surface area contributed by atoms with Crippen LogP contribution in [0.5, 0.6) is 5.75 Å². The monoisotopic (exact) mass is 212 g/mol. The second-order valence-electron chi connectivity index (χ2n) is 3.38. The van der Waals surface area contributed by atoms with E-state index in [-0.39, 0.29) is 0 Å². The standard InChI is InChI=1S/C15H16O/c1-3-4-5-6-7-8-9-14-10-12-15(16-2)13-11-14/h10-13H,3-5H2,1-2H3. The van der Waals surface area contributed by atoms with Crippen molar-refractivity contribution in [1.82, 2.24) is 0 Å². The van der Waals surface area contributed by atoms with Crippen LogP contribution in [-0.2, 0) is 0 Å². The van der Waals surface area contributed by atoms with Gasteiger partial charge in [-0.2, -0.15) is 0 Å². The summed E-state index contributed by atoms with van der Waals surface area (Å²) >= 11 is 0. The first kappa shape index (κ1) is 12.2. The van der Waals surface area contributed by atoms with Crippen molar-refractivity contribution in [3.63, 3.8) is 0 Å². The molecule has 1 aromatic rings. The smallest absolute Gasteiger partial charge is 0.118 e. The van der Waals surface area contributed by atoms with Crippen molar-refractivity contribution in [1.29, 1.82) is 0 Å². The third-order valence-corrected chi connectivity index (χ3v) is 2.10. The SMILES string of the molecule is CCCCC#CC#Cc1ccc(OC)cc1. The second kappa shape index (κ2) is 7.43. The van der Waals surface area contributed by atoms with E-state index < -0.39 is 0 Å². The van der Waals surface area contributed by atoms with Crippen LogP contribution < -0.4 is 4.74 Å². The Balaban J connectivity index is 2.51. The highest BCUT2D eigenvalue weighted by Gasteiger charge is 1.88. The maximum Gasteiger partial charge on any atom is 0.118 e. The minimum Gasteiger partial charge on any atom is -0.497 e. The van der Waals surface area contributed by atoms with Crippen LogP contribution in [0.25, 0.3) is 0 Å². The molecule has 0 saturated carbocycles. The van der Waals surface area contributed by atoms with Crippen LogP contribution in [0.2, 0.25) is 0 Å². The summed E-state index contributed by atoms with van der Waals surface area (Å²) in [7, 11) is 1.65. The van der Waals surface area contributed by atoms with Gasteiger partial charge in [0.2, 0.25) is 0 Å². The third-order valence-electron chi connectivity index (χ3n) is 2.10. The molecular formula is C15H16O. The van der Waals surface area contributed by atoms with Crippen molar-refractivity contribution in [3.05, 3.63) is 29.8 Å². The van der Waals surface area contributed by atoms with Crippen LogP contribution >= 0.6 is 0 Å². The van der Waals surface area contributed by atoms with E-state index in [2.05, 4.69) is 30.6 Å². The molecule has 0 saturated heterocycles. The topological polar surface area (TPSA) is 9.23 Å². The number of hydrogen-bond donors (Lipinski definition) is 0. The molecule has 0 aliphatic heterocycles. The highest BCUT2D eigenvalue weighted by atomic mass is 16.5. The van der Waals surface area contributed by atoms with Crippen molar-refractivity contribution in [2.45, 2.75) is 26.2 Å². The number of ether oxygens (including phenoxy) is 1. The molecule has 0 radical (unpaired) electrons. The van der Waals surface area contributed by atoms with Crippen LogP contribution in [-0.4, -0.2) is 7.11 Å². The first-order valence-electron chi connectivity index (χ1n) is 5.49. The Morgan fingerprint density at radius 2 is 1.88 bits per heavy atom. The molecule has 16 heavy (non-hydrogen) atoms. The number of benzene rings is 1. The van der Waals surface area contributed by atoms with Gasteiger partial charge < -0.3 is 4.74 Å². The van der Waals surface area contributed by atoms with Crippen molar-refractivity contribution in [2.75, 3.05) is 7.11 Å². The fraction of sp³-hybridized carbons (Fsp3) is 0.333. The third kappa shape index (κ3) is 4.58. The van der Waals surface area contributed by atoms with E-state index in [0.29, 0.717) is 0 Å². The Morgan fingerprint density at radius 1 is 1.12 bits per heavy atom. The molecule has 0 aliphatic rings. The van der Waals surface area contributed by atoms with Gasteiger partial charge in [-0.15, -0.1) is 0 Å². The summed E-state index contributed by atoms with van der Waals surface area (Å²) in [6.07, 6.45) is 3.27. The molecule has 0 heterocycles. The Bertz CT molecular complexity index is 420. The molecule has 0 aromatic heterocycles. The van der Waals surface area contributed by atoms with E-state index in [9.17, 15) is 0 Å². The van der Waals surface area contributed by atoms with Gasteiger partial charge in [0.25, 0.3) is 0 Å². The van der Waals surface area contributed by atoms with Gasteiger partial charge in [-0.1, -0.05) is 25.2 Å². The summed E-state index contributed by atoms with van der Waals surface area (Å²) in [6, 6.07) is 7.65. The fourth-order valence-electron chi connectivity index (χ4n) is 1.15. The van der Waals surface area contributed by atoms with E-state index in [1.54, 1.807) is 7.11 Å². The minimum atomic E-state index is 0.847. The molecule has 1 heteroatoms. The highest BCUT2D eigenvalue weighted by Crippen LogP contribution is 2.09. The number of hydrogen-bond acceptors (Lipinski definition) is 1. The predicted octanol–water partition coefficient (Wildman–Crippen LogP) is 3.24. The lowest BCUT2D eigenvalue weighted by molar-refractivity contribution is 0.415. The van der Waals surface area contributed by atoms with Crippen LogP contribution in [0.4, 0.5) is 0 Å². The molecule has 0 fully saturated rings. The Labute approximate surface area is 97.8 Å². The largest absolute Gasteiger partial charge is 0.497 e. The molecule has 0 spiro atoms. The van der Waals surface area contributed by atoms with E-state index in [1.807, 2.05) is 24.3 Å². The van der Waals surface area contributed by atoms with Crippen molar-refractivity contribution < 1.29 is 4.74 Å². The second-order valence-corrected chi connectivity index (χ2v) is 3.38. The maximum absolute atomic E-state index is 5.06. The lowest BCUT2D eigenvalue weighted by Gasteiger charge is -1.96. The molecule has 0 aliphatic carbocycles. The minimum absolute atomic E-state index is 0.847. The predicted molar refractivity (Wildman–Crippen MR) is 67.2 cm³/mol. The lowest BCUT2D eigenvalue weighted by atomic mass is 10.2.